The van der Waals surface area contributed by atoms with Crippen LogP contribution in [0.4, 0.5) is 4.79 Å². The minimum Gasteiger partial charge on any atom is -0.494 e. The lowest BCUT2D eigenvalue weighted by Gasteiger charge is -2.14. The molecule has 1 aliphatic heterocycles. The Hall–Kier alpha value is -5.85. The molecule has 0 aliphatic carbocycles. The van der Waals surface area contributed by atoms with Crippen LogP contribution in [0.3, 0.4) is 0 Å². The molecule has 0 radical (unpaired) electrons. The van der Waals surface area contributed by atoms with Crippen molar-refractivity contribution in [1.82, 2.24) is 10.2 Å². The first kappa shape index (κ1) is 49.5. The highest BCUT2D eigenvalue weighted by molar-refractivity contribution is 6.21. The summed E-state index contributed by atoms with van der Waals surface area (Å²) >= 11 is 0. The molecule has 4 aromatic rings. The highest BCUT2D eigenvalue weighted by atomic mass is 16.5. The summed E-state index contributed by atoms with van der Waals surface area (Å²) in [7, 11) is 0. The number of alkyl carbamates (subject to hydrolysis) is 1. The molecule has 0 bridgehead atoms. The second-order valence-corrected chi connectivity index (χ2v) is 13.4. The fourth-order valence-corrected chi connectivity index (χ4v) is 5.75. The van der Waals surface area contributed by atoms with E-state index in [0.717, 1.165) is 17.5 Å². The molecule has 0 atom stereocenters. The van der Waals surface area contributed by atoms with Gasteiger partial charge in [0.15, 0.2) is 0 Å². The Labute approximate surface area is 355 Å². The van der Waals surface area contributed by atoms with Gasteiger partial charge in [0, 0.05) is 13.1 Å². The van der Waals surface area contributed by atoms with Crippen molar-refractivity contribution in [3.63, 3.8) is 0 Å². The SMILES string of the molecule is C=CCOC(=O)NCCCOc1cc(CO)cc(CO)c1.NCCCOc1cc(CO)cc(CO)c1.O=C1c2ccccc2C(=O)N1CCCOc1cc(CO)cc(CO)c1. The summed E-state index contributed by atoms with van der Waals surface area (Å²) in [6.45, 7) is 5.58. The van der Waals surface area contributed by atoms with Crippen LogP contribution >= 0.6 is 0 Å². The van der Waals surface area contributed by atoms with Crippen LogP contribution in [0.2, 0.25) is 0 Å². The molecule has 16 heteroatoms. The van der Waals surface area contributed by atoms with Gasteiger partial charge in [0.2, 0.25) is 0 Å². The summed E-state index contributed by atoms with van der Waals surface area (Å²) in [5.41, 5.74) is 10.4. The van der Waals surface area contributed by atoms with Crippen LogP contribution in [0.25, 0.3) is 0 Å². The predicted octanol–water partition coefficient (Wildman–Crippen LogP) is 3.49. The second kappa shape index (κ2) is 27.8. The van der Waals surface area contributed by atoms with Gasteiger partial charge < -0.3 is 60.6 Å². The molecule has 0 aromatic heterocycles. The van der Waals surface area contributed by atoms with Crippen LogP contribution in [0.1, 0.15) is 73.4 Å². The molecule has 1 heterocycles. The minimum absolute atomic E-state index is 0.0545. The van der Waals surface area contributed by atoms with E-state index in [1.54, 1.807) is 78.9 Å². The van der Waals surface area contributed by atoms with E-state index in [1.807, 2.05) is 0 Å². The van der Waals surface area contributed by atoms with E-state index < -0.39 is 6.09 Å². The Kier molecular flexibility index (Phi) is 22.6. The Balaban J connectivity index is 0.000000252. The molecule has 5 rings (SSSR count). The average molecular weight is 848 g/mol. The van der Waals surface area contributed by atoms with E-state index in [1.165, 1.54) is 11.0 Å². The number of hydrogen-bond donors (Lipinski definition) is 8. The highest BCUT2D eigenvalue weighted by Gasteiger charge is 2.34. The molecule has 16 nitrogen and oxygen atoms in total. The zero-order valence-corrected chi connectivity index (χ0v) is 34.2. The monoisotopic (exact) mass is 847 g/mol. The first-order valence-electron chi connectivity index (χ1n) is 19.7. The number of nitrogens with two attached hydrogens (primary N) is 1. The molecule has 0 fully saturated rings. The largest absolute Gasteiger partial charge is 0.494 e. The van der Waals surface area contributed by atoms with E-state index in [9.17, 15) is 24.6 Å². The van der Waals surface area contributed by atoms with Crippen LogP contribution in [0.5, 0.6) is 17.2 Å². The fourth-order valence-electron chi connectivity index (χ4n) is 5.75. The van der Waals surface area contributed by atoms with E-state index >= 15 is 0 Å². The number of imide groups is 1. The third-order valence-electron chi connectivity index (χ3n) is 8.66. The average Bonchev–Trinajstić information content (AvgIpc) is 3.54. The Morgan fingerprint density at radius 1 is 0.607 bits per heavy atom. The number of nitrogens with zero attached hydrogens (tertiary/aromatic N) is 1. The predicted molar refractivity (Wildman–Crippen MR) is 226 cm³/mol. The molecule has 330 valence electrons. The maximum Gasteiger partial charge on any atom is 0.407 e. The number of carbonyl (C=O) groups is 3. The zero-order chi connectivity index (χ0) is 44.4. The molecular weight excluding hydrogens is 791 g/mol. The molecule has 3 amide bonds. The van der Waals surface area contributed by atoms with Crippen LogP contribution in [-0.4, -0.2) is 99.5 Å². The molecule has 1 aliphatic rings. The maximum atomic E-state index is 12.2. The number of fused-ring (bicyclic) bond motifs is 1. The van der Waals surface area contributed by atoms with Gasteiger partial charge >= 0.3 is 6.09 Å². The highest BCUT2D eigenvalue weighted by Crippen LogP contribution is 2.23. The van der Waals surface area contributed by atoms with Crippen molar-refractivity contribution < 1.29 is 64.0 Å². The summed E-state index contributed by atoms with van der Waals surface area (Å²) < 4.78 is 21.3. The normalized spacial score (nSPS) is 11.4. The van der Waals surface area contributed by atoms with Gasteiger partial charge in [-0.2, -0.15) is 0 Å². The minimum atomic E-state index is -0.486. The van der Waals surface area contributed by atoms with Gasteiger partial charge in [-0.3, -0.25) is 14.5 Å². The lowest BCUT2D eigenvalue weighted by atomic mass is 10.1. The van der Waals surface area contributed by atoms with Crippen LogP contribution in [-0.2, 0) is 44.4 Å². The number of benzene rings is 4. The van der Waals surface area contributed by atoms with Crippen molar-refractivity contribution in [3.8, 4) is 17.2 Å². The number of hydrogen-bond acceptors (Lipinski definition) is 14. The van der Waals surface area contributed by atoms with Crippen molar-refractivity contribution in [1.29, 1.82) is 0 Å². The lowest BCUT2D eigenvalue weighted by molar-refractivity contribution is 0.0646. The summed E-state index contributed by atoms with van der Waals surface area (Å²) in [5.74, 6) is 1.24. The van der Waals surface area contributed by atoms with Gasteiger partial charge in [0.05, 0.1) is 70.6 Å². The number of amides is 3. The van der Waals surface area contributed by atoms with E-state index in [4.69, 9.17) is 45.1 Å². The number of carbonyl (C=O) groups excluding carboxylic acids is 3. The molecule has 61 heavy (non-hydrogen) atoms. The number of nitrogens with one attached hydrogen (secondary N) is 1. The van der Waals surface area contributed by atoms with E-state index in [0.29, 0.717) is 96.4 Å². The first-order chi connectivity index (χ1) is 29.6. The van der Waals surface area contributed by atoms with Gasteiger partial charge in [-0.05, 0) is 108 Å². The topological polar surface area (TPSA) is 251 Å². The summed E-state index contributed by atoms with van der Waals surface area (Å²) in [6.07, 6.45) is 2.90. The van der Waals surface area contributed by atoms with Crippen LogP contribution in [0.15, 0.2) is 91.5 Å². The van der Waals surface area contributed by atoms with Gasteiger partial charge in [0.25, 0.3) is 11.8 Å². The zero-order valence-electron chi connectivity index (χ0n) is 34.2. The van der Waals surface area contributed by atoms with Gasteiger partial charge in [0.1, 0.15) is 23.9 Å². The van der Waals surface area contributed by atoms with E-state index in [2.05, 4.69) is 11.9 Å². The molecule has 0 saturated heterocycles. The third kappa shape index (κ3) is 17.0. The number of aliphatic hydroxyl groups is 6. The molecule has 9 N–H and O–H groups in total. The van der Waals surface area contributed by atoms with Crippen LogP contribution in [0, 0.1) is 0 Å². The van der Waals surface area contributed by atoms with Gasteiger partial charge in [-0.1, -0.05) is 43.0 Å². The van der Waals surface area contributed by atoms with Crippen molar-refractivity contribution >= 4 is 17.9 Å². The quantitative estimate of drug-likeness (QED) is 0.0321. The molecule has 0 spiro atoms. The molecule has 0 saturated carbocycles. The Morgan fingerprint density at radius 3 is 1.34 bits per heavy atom. The molecule has 4 aromatic carbocycles. The smallest absolute Gasteiger partial charge is 0.407 e. The Morgan fingerprint density at radius 2 is 0.984 bits per heavy atom. The number of aliphatic hydroxyl groups excluding tert-OH is 6. The van der Waals surface area contributed by atoms with Crippen molar-refractivity contribution in [2.45, 2.75) is 58.9 Å². The third-order valence-corrected chi connectivity index (χ3v) is 8.66. The summed E-state index contributed by atoms with van der Waals surface area (Å²) in [4.78, 5) is 36.9. The van der Waals surface area contributed by atoms with Gasteiger partial charge in [-0.15, -0.1) is 0 Å². The second-order valence-electron chi connectivity index (χ2n) is 13.4. The number of ether oxygens (including phenoxy) is 4. The van der Waals surface area contributed by atoms with E-state index in [-0.39, 0.29) is 64.6 Å². The maximum absolute atomic E-state index is 12.2. The Bertz CT molecular complexity index is 1890. The van der Waals surface area contributed by atoms with Crippen molar-refractivity contribution in [2.75, 3.05) is 46.1 Å². The number of rotatable bonds is 22. The fraction of sp³-hybridized carbons (Fsp3) is 0.356. The van der Waals surface area contributed by atoms with Gasteiger partial charge in [-0.25, -0.2) is 4.79 Å². The molecule has 0 unspecified atom stereocenters. The van der Waals surface area contributed by atoms with Crippen molar-refractivity contribution in [2.24, 2.45) is 5.73 Å². The first-order valence-corrected chi connectivity index (χ1v) is 19.7. The van der Waals surface area contributed by atoms with Crippen molar-refractivity contribution in [3.05, 3.63) is 136 Å². The summed E-state index contributed by atoms with van der Waals surface area (Å²) in [5, 5.41) is 57.3. The van der Waals surface area contributed by atoms with Crippen LogP contribution < -0.4 is 25.3 Å². The molecular formula is C45H57N3O13. The summed E-state index contributed by atoms with van der Waals surface area (Å²) in [6, 6.07) is 22.3. The standard InChI is InChI=1S/C19H19NO5.C15H21NO5.C11H17NO3/c21-11-13-8-14(12-22)10-15(9-13)25-7-3-6-20-18(23)16-4-1-2-5-17(16)19(20)24;1-2-5-21-15(19)16-4-3-6-20-14-8-12(10-17)7-13(9-14)11-18;12-2-1-3-15-11-5-9(7-13)4-10(6-11)8-14/h1-2,4-5,8-10,21-22H,3,6-7,11-12H2;2,7-9,17-18H,1,3-6,10-11H2,(H,16,19);4-6,13-14H,1-3,7-8,12H2. The lowest BCUT2D eigenvalue weighted by Crippen LogP contribution is -2.31.